The predicted octanol–water partition coefficient (Wildman–Crippen LogP) is 2.77. The van der Waals surface area contributed by atoms with E-state index in [1.54, 1.807) is 24.3 Å². The molecule has 2 aromatic carbocycles. The van der Waals surface area contributed by atoms with E-state index in [9.17, 15) is 14.4 Å². The Kier molecular flexibility index (Phi) is 9.52. The van der Waals surface area contributed by atoms with Gasteiger partial charge in [0.05, 0.1) is 29.1 Å². The Morgan fingerprint density at radius 1 is 1.12 bits per heavy atom. The average Bonchev–Trinajstić information content (AvgIpc) is 2.77. The maximum absolute atomic E-state index is 12.2. The summed E-state index contributed by atoms with van der Waals surface area (Å²) in [7, 11) is 1.40. The highest BCUT2D eigenvalue weighted by Crippen LogP contribution is 2.36. The number of hydrogen-bond acceptors (Lipinski definition) is 6. The van der Waals surface area contributed by atoms with Crippen LogP contribution in [0.2, 0.25) is 10.0 Å². The summed E-state index contributed by atoms with van der Waals surface area (Å²) in [6.07, 6.45) is 2.70. The Morgan fingerprint density at radius 2 is 1.88 bits per heavy atom. The van der Waals surface area contributed by atoms with E-state index in [-0.39, 0.29) is 29.7 Å². The average molecular weight is 479 g/mol. The molecule has 0 fully saturated rings. The number of hydrogen-bond donors (Lipinski definition) is 3. The minimum atomic E-state index is -0.939. The number of anilines is 1. The molecule has 0 spiro atoms. The lowest BCUT2D eigenvalue weighted by molar-refractivity contribution is -0.139. The van der Waals surface area contributed by atoms with Crippen molar-refractivity contribution in [2.45, 2.75) is 0 Å². The number of nitrogens with zero attached hydrogens (tertiary/aromatic N) is 1. The third-order valence-corrected chi connectivity index (χ3v) is 4.35. The fourth-order valence-electron chi connectivity index (χ4n) is 2.30. The van der Waals surface area contributed by atoms with E-state index >= 15 is 0 Å². The maximum Gasteiger partial charge on any atom is 0.329 e. The normalized spacial score (nSPS) is 10.3. The third-order valence-electron chi connectivity index (χ3n) is 3.74. The predicted molar refractivity (Wildman–Crippen MR) is 123 cm³/mol. The Balaban J connectivity index is 2.01. The molecule has 32 heavy (non-hydrogen) atoms. The van der Waals surface area contributed by atoms with E-state index in [1.807, 2.05) is 0 Å². The van der Waals surface area contributed by atoms with E-state index in [4.69, 9.17) is 32.7 Å². The molecule has 0 aliphatic rings. The van der Waals surface area contributed by atoms with Crippen LogP contribution in [0.25, 0.3) is 0 Å². The topological polar surface area (TPSA) is 118 Å². The van der Waals surface area contributed by atoms with E-state index in [2.05, 4.69) is 27.7 Å². The summed E-state index contributed by atoms with van der Waals surface area (Å²) in [5, 5.41) is 9.19. The van der Waals surface area contributed by atoms with Crippen LogP contribution in [0.1, 0.15) is 5.56 Å². The van der Waals surface area contributed by atoms with Gasteiger partial charge in [0.1, 0.15) is 0 Å². The first kappa shape index (κ1) is 24.7. The van der Waals surface area contributed by atoms with Crippen molar-refractivity contribution in [3.63, 3.8) is 0 Å². The molecule has 0 saturated carbocycles. The van der Waals surface area contributed by atoms with Crippen molar-refractivity contribution in [1.82, 2.24) is 10.7 Å². The van der Waals surface area contributed by atoms with Gasteiger partial charge in [-0.3, -0.25) is 14.4 Å². The largest absolute Gasteiger partial charge is 0.493 e. The number of methoxy groups -OCH3 is 1. The van der Waals surface area contributed by atoms with Gasteiger partial charge in [0.15, 0.2) is 18.1 Å². The number of nitrogens with one attached hydrogen (secondary N) is 3. The van der Waals surface area contributed by atoms with Crippen LogP contribution in [0.15, 0.2) is 54.2 Å². The van der Waals surface area contributed by atoms with Gasteiger partial charge >= 0.3 is 11.8 Å². The molecule has 0 heterocycles. The second-order valence-corrected chi connectivity index (χ2v) is 6.86. The Labute approximate surface area is 194 Å². The molecule has 3 N–H and O–H groups in total. The van der Waals surface area contributed by atoms with Crippen molar-refractivity contribution < 1.29 is 23.9 Å². The van der Waals surface area contributed by atoms with Gasteiger partial charge in [0, 0.05) is 6.54 Å². The molecule has 0 atom stereocenters. The monoisotopic (exact) mass is 478 g/mol. The smallest absolute Gasteiger partial charge is 0.329 e. The number of halogens is 2. The lowest BCUT2D eigenvalue weighted by Crippen LogP contribution is -2.37. The number of hydrazone groups is 1. The van der Waals surface area contributed by atoms with Crippen LogP contribution >= 0.6 is 23.2 Å². The van der Waals surface area contributed by atoms with Gasteiger partial charge < -0.3 is 20.1 Å². The molecular weight excluding hydrogens is 459 g/mol. The first-order valence-electron chi connectivity index (χ1n) is 9.12. The van der Waals surface area contributed by atoms with Gasteiger partial charge in [-0.2, -0.15) is 5.10 Å². The summed E-state index contributed by atoms with van der Waals surface area (Å²) >= 11 is 12.3. The molecule has 11 heteroatoms. The number of amides is 3. The van der Waals surface area contributed by atoms with Gasteiger partial charge in [0.2, 0.25) is 0 Å². The zero-order valence-corrected chi connectivity index (χ0v) is 18.5. The summed E-state index contributed by atoms with van der Waals surface area (Å²) in [6, 6.07) is 9.79. The Hall–Kier alpha value is -3.56. The zero-order chi connectivity index (χ0) is 23.5. The van der Waals surface area contributed by atoms with Crippen molar-refractivity contribution in [2.75, 3.05) is 25.6 Å². The molecule has 0 aromatic heterocycles. The molecule has 0 aliphatic heterocycles. The van der Waals surface area contributed by atoms with Crippen LogP contribution < -0.4 is 25.5 Å². The zero-order valence-electron chi connectivity index (χ0n) is 17.0. The summed E-state index contributed by atoms with van der Waals surface area (Å²) in [6.45, 7) is 3.24. The fraction of sp³-hybridized carbons (Fsp3) is 0.143. The first-order chi connectivity index (χ1) is 15.3. The maximum atomic E-state index is 12.2. The first-order valence-corrected chi connectivity index (χ1v) is 9.88. The molecule has 168 valence electrons. The number of carbonyl (C=O) groups excluding carboxylic acids is 3. The minimum absolute atomic E-state index is 0.145. The third kappa shape index (κ3) is 7.29. The molecular formula is C21H20Cl2N4O5. The van der Waals surface area contributed by atoms with Crippen LogP contribution in [-0.4, -0.2) is 44.2 Å². The highest BCUT2D eigenvalue weighted by atomic mass is 35.5. The van der Waals surface area contributed by atoms with Crippen LogP contribution in [0, 0.1) is 0 Å². The number of rotatable bonds is 9. The number of ether oxygens (including phenoxy) is 2. The molecule has 0 aliphatic carbocycles. The van der Waals surface area contributed by atoms with E-state index in [0.717, 1.165) is 0 Å². The number of carbonyl (C=O) groups is 3. The fourth-order valence-corrected chi connectivity index (χ4v) is 2.76. The SMILES string of the molecule is C=CCNC(=O)C(=O)N/N=C\c1cc(Cl)c(OCC(=O)Nc2ccccc2Cl)c(OC)c1. The second kappa shape index (κ2) is 12.3. The highest BCUT2D eigenvalue weighted by molar-refractivity contribution is 6.35. The molecule has 0 radical (unpaired) electrons. The molecule has 2 aromatic rings. The molecule has 0 saturated heterocycles. The quantitative estimate of drug-likeness (QED) is 0.221. The van der Waals surface area contributed by atoms with Crippen molar-refractivity contribution >= 4 is 52.8 Å². The van der Waals surface area contributed by atoms with Crippen LogP contribution in [0.3, 0.4) is 0 Å². The molecule has 2 rings (SSSR count). The van der Waals surface area contributed by atoms with Crippen LogP contribution in [0.4, 0.5) is 5.69 Å². The van der Waals surface area contributed by atoms with E-state index in [1.165, 1.54) is 31.5 Å². The standard InChI is InChI=1S/C21H20Cl2N4O5/c1-3-8-24-20(29)21(30)27-25-11-13-9-15(23)19(17(10-13)31-2)32-12-18(28)26-16-7-5-4-6-14(16)22/h3-7,9-11H,1,8,12H2,2H3,(H,24,29)(H,26,28)(H,27,30)/b25-11-. The second-order valence-electron chi connectivity index (χ2n) is 6.05. The summed E-state index contributed by atoms with van der Waals surface area (Å²) < 4.78 is 10.8. The molecule has 0 unspecified atom stereocenters. The van der Waals surface area contributed by atoms with Gasteiger partial charge in [-0.25, -0.2) is 5.43 Å². The van der Waals surface area contributed by atoms with E-state index < -0.39 is 17.7 Å². The van der Waals surface area contributed by atoms with E-state index in [0.29, 0.717) is 16.3 Å². The minimum Gasteiger partial charge on any atom is -0.493 e. The number of para-hydroxylation sites is 1. The van der Waals surface area contributed by atoms with Crippen molar-refractivity contribution in [3.05, 3.63) is 64.7 Å². The van der Waals surface area contributed by atoms with Gasteiger partial charge in [0.25, 0.3) is 5.91 Å². The Bertz CT molecular complexity index is 1040. The summed E-state index contributed by atoms with van der Waals surface area (Å²) in [5.41, 5.74) is 2.99. The summed E-state index contributed by atoms with van der Waals surface area (Å²) in [4.78, 5) is 35.2. The molecule has 0 bridgehead atoms. The molecule has 9 nitrogen and oxygen atoms in total. The van der Waals surface area contributed by atoms with Crippen LogP contribution in [-0.2, 0) is 14.4 Å². The summed E-state index contributed by atoms with van der Waals surface area (Å²) in [5.74, 6) is -1.85. The van der Waals surface area contributed by atoms with Crippen LogP contribution in [0.5, 0.6) is 11.5 Å². The molecule has 3 amide bonds. The van der Waals surface area contributed by atoms with Crippen molar-refractivity contribution in [2.24, 2.45) is 5.10 Å². The highest BCUT2D eigenvalue weighted by Gasteiger charge is 2.15. The van der Waals surface area contributed by atoms with Gasteiger partial charge in [-0.05, 0) is 29.8 Å². The Morgan fingerprint density at radius 3 is 2.56 bits per heavy atom. The van der Waals surface area contributed by atoms with Gasteiger partial charge in [-0.15, -0.1) is 6.58 Å². The lowest BCUT2D eigenvalue weighted by atomic mass is 10.2. The van der Waals surface area contributed by atoms with Gasteiger partial charge in [-0.1, -0.05) is 41.4 Å². The number of benzene rings is 2. The van der Waals surface area contributed by atoms with Crippen molar-refractivity contribution in [3.8, 4) is 11.5 Å². The lowest BCUT2D eigenvalue weighted by Gasteiger charge is -2.13. The van der Waals surface area contributed by atoms with Crippen molar-refractivity contribution in [1.29, 1.82) is 0 Å².